The van der Waals surface area contributed by atoms with E-state index in [1.807, 2.05) is 0 Å². The zero-order chi connectivity index (χ0) is 13.6. The van der Waals surface area contributed by atoms with E-state index in [9.17, 15) is 13.6 Å². The van der Waals surface area contributed by atoms with Crippen molar-refractivity contribution in [3.05, 3.63) is 35.4 Å². The molecule has 0 heterocycles. The molecular formula is C14H17ClF2O. The lowest BCUT2D eigenvalue weighted by atomic mass is 10.0. The number of hydrogen-bond acceptors (Lipinski definition) is 1. The van der Waals surface area contributed by atoms with E-state index in [0.717, 1.165) is 24.8 Å². The van der Waals surface area contributed by atoms with Crippen LogP contribution in [0.25, 0.3) is 0 Å². The van der Waals surface area contributed by atoms with Crippen LogP contribution in [0, 0.1) is 0 Å². The molecule has 1 aromatic rings. The van der Waals surface area contributed by atoms with Crippen LogP contribution in [-0.2, 0) is 6.42 Å². The fourth-order valence-corrected chi connectivity index (χ4v) is 1.85. The second kappa shape index (κ2) is 6.83. The number of rotatable bonds is 7. The van der Waals surface area contributed by atoms with E-state index < -0.39 is 11.2 Å². The first kappa shape index (κ1) is 15.1. The predicted octanol–water partition coefficient (Wildman–Crippen LogP) is 4.82. The van der Waals surface area contributed by atoms with Gasteiger partial charge in [-0.25, -0.2) is 0 Å². The first-order chi connectivity index (χ1) is 8.45. The number of halogens is 3. The Hall–Kier alpha value is -0.960. The van der Waals surface area contributed by atoms with E-state index in [2.05, 4.69) is 6.92 Å². The molecule has 1 nitrogen and oxygen atoms in total. The summed E-state index contributed by atoms with van der Waals surface area (Å²) in [4.78, 5) is 11.2. The summed E-state index contributed by atoms with van der Waals surface area (Å²) in [5.74, 6) is -1.35. The van der Waals surface area contributed by atoms with E-state index in [-0.39, 0.29) is 5.56 Å². The highest BCUT2D eigenvalue weighted by atomic mass is 35.5. The van der Waals surface area contributed by atoms with E-state index in [4.69, 9.17) is 11.6 Å². The number of Topliss-reactive ketones (excluding diaryl/α,β-unsaturated/α-hetero) is 1. The highest BCUT2D eigenvalue weighted by molar-refractivity contribution is 6.35. The fraction of sp³-hybridized carbons (Fsp3) is 0.500. The second-order valence-electron chi connectivity index (χ2n) is 4.33. The summed E-state index contributed by atoms with van der Waals surface area (Å²) in [5.41, 5.74) is 1.01. The third-order valence-electron chi connectivity index (χ3n) is 2.79. The molecule has 0 unspecified atom stereocenters. The lowest BCUT2D eigenvalue weighted by Gasteiger charge is -2.07. The summed E-state index contributed by atoms with van der Waals surface area (Å²) in [7, 11) is 0. The van der Waals surface area contributed by atoms with Crippen LogP contribution in [-0.4, -0.2) is 11.2 Å². The predicted molar refractivity (Wildman–Crippen MR) is 69.4 cm³/mol. The number of benzene rings is 1. The molecule has 0 amide bonds. The first-order valence-corrected chi connectivity index (χ1v) is 6.53. The monoisotopic (exact) mass is 274 g/mol. The summed E-state index contributed by atoms with van der Waals surface area (Å²) in [5, 5.41) is -3.82. The molecule has 1 aromatic carbocycles. The van der Waals surface area contributed by atoms with Crippen molar-refractivity contribution in [3.8, 4) is 0 Å². The maximum Gasteiger partial charge on any atom is 0.384 e. The fourth-order valence-electron chi connectivity index (χ4n) is 1.74. The van der Waals surface area contributed by atoms with Gasteiger partial charge in [0.2, 0.25) is 5.78 Å². The van der Waals surface area contributed by atoms with Gasteiger partial charge in [0, 0.05) is 5.56 Å². The van der Waals surface area contributed by atoms with Crippen LogP contribution in [0.15, 0.2) is 24.3 Å². The molecule has 0 aliphatic rings. The van der Waals surface area contributed by atoms with Gasteiger partial charge in [0.15, 0.2) is 0 Å². The van der Waals surface area contributed by atoms with Crippen molar-refractivity contribution in [1.82, 2.24) is 0 Å². The lowest BCUT2D eigenvalue weighted by molar-refractivity contribution is 0.0536. The molecule has 1 rings (SSSR count). The molecule has 0 spiro atoms. The van der Waals surface area contributed by atoms with E-state index >= 15 is 0 Å². The van der Waals surface area contributed by atoms with Crippen molar-refractivity contribution in [2.24, 2.45) is 0 Å². The smallest absolute Gasteiger partial charge is 0.286 e. The quantitative estimate of drug-likeness (QED) is 0.396. The lowest BCUT2D eigenvalue weighted by Crippen LogP contribution is -2.21. The normalized spacial score (nSPS) is 11.6. The van der Waals surface area contributed by atoms with E-state index in [0.29, 0.717) is 0 Å². The Morgan fingerprint density at radius 2 is 1.78 bits per heavy atom. The molecule has 0 saturated carbocycles. The van der Waals surface area contributed by atoms with Gasteiger partial charge >= 0.3 is 5.38 Å². The molecule has 0 aromatic heterocycles. The maximum atomic E-state index is 12.6. The number of carbonyl (C=O) groups excluding carboxylic acids is 1. The Bertz CT molecular complexity index is 382. The summed E-state index contributed by atoms with van der Waals surface area (Å²) in [6.45, 7) is 2.15. The van der Waals surface area contributed by atoms with Crippen molar-refractivity contribution < 1.29 is 13.6 Å². The zero-order valence-electron chi connectivity index (χ0n) is 10.4. The standard InChI is InChI=1S/C14H17ClF2O/c1-2-3-4-5-6-11-7-9-12(10-8-11)13(18)14(15,16)17/h7-10H,2-6H2,1H3. The molecule has 0 aliphatic heterocycles. The van der Waals surface area contributed by atoms with Gasteiger partial charge in [-0.1, -0.05) is 50.5 Å². The van der Waals surface area contributed by atoms with Crippen LogP contribution in [0.3, 0.4) is 0 Å². The third kappa shape index (κ3) is 4.73. The van der Waals surface area contributed by atoms with E-state index in [1.165, 1.54) is 25.0 Å². The molecule has 0 aliphatic carbocycles. The highest BCUT2D eigenvalue weighted by Gasteiger charge is 2.36. The number of alkyl halides is 3. The third-order valence-corrected chi connectivity index (χ3v) is 2.96. The van der Waals surface area contributed by atoms with Crippen LogP contribution in [0.5, 0.6) is 0 Å². The van der Waals surface area contributed by atoms with Crippen molar-refractivity contribution in [1.29, 1.82) is 0 Å². The first-order valence-electron chi connectivity index (χ1n) is 6.15. The minimum absolute atomic E-state index is 0.0488. The minimum atomic E-state index is -3.82. The van der Waals surface area contributed by atoms with Gasteiger partial charge in [-0.3, -0.25) is 4.79 Å². The van der Waals surface area contributed by atoms with Crippen molar-refractivity contribution >= 4 is 17.4 Å². The Balaban J connectivity index is 2.55. The van der Waals surface area contributed by atoms with Gasteiger partial charge in [0.05, 0.1) is 0 Å². The summed E-state index contributed by atoms with van der Waals surface area (Å²) in [6.07, 6.45) is 5.53. The molecule has 4 heteroatoms. The van der Waals surface area contributed by atoms with Gasteiger partial charge in [-0.2, -0.15) is 8.78 Å². The maximum absolute atomic E-state index is 12.6. The van der Waals surface area contributed by atoms with Gasteiger partial charge < -0.3 is 0 Å². The van der Waals surface area contributed by atoms with Crippen LogP contribution < -0.4 is 0 Å². The Labute approximate surface area is 111 Å². The van der Waals surface area contributed by atoms with Crippen LogP contribution >= 0.6 is 11.6 Å². The molecule has 0 radical (unpaired) electrons. The number of hydrogen-bond donors (Lipinski definition) is 0. The second-order valence-corrected chi connectivity index (χ2v) is 4.81. The molecule has 100 valence electrons. The molecule has 18 heavy (non-hydrogen) atoms. The van der Waals surface area contributed by atoms with Crippen LogP contribution in [0.4, 0.5) is 8.78 Å². The van der Waals surface area contributed by atoms with Crippen molar-refractivity contribution in [3.63, 3.8) is 0 Å². The zero-order valence-corrected chi connectivity index (χ0v) is 11.1. The topological polar surface area (TPSA) is 17.1 Å². The van der Waals surface area contributed by atoms with E-state index in [1.54, 1.807) is 12.1 Å². The Kier molecular flexibility index (Phi) is 5.73. The summed E-state index contributed by atoms with van der Waals surface area (Å²) >= 11 is 4.69. The average Bonchev–Trinajstić information content (AvgIpc) is 2.33. The molecule has 0 saturated heterocycles. The van der Waals surface area contributed by atoms with Crippen LogP contribution in [0.2, 0.25) is 0 Å². The Morgan fingerprint density at radius 3 is 2.28 bits per heavy atom. The molecule has 0 N–H and O–H groups in total. The highest BCUT2D eigenvalue weighted by Crippen LogP contribution is 2.24. The van der Waals surface area contributed by atoms with Gasteiger partial charge in [0.25, 0.3) is 0 Å². The van der Waals surface area contributed by atoms with Crippen molar-refractivity contribution in [2.75, 3.05) is 0 Å². The molecule has 0 fully saturated rings. The number of unbranched alkanes of at least 4 members (excludes halogenated alkanes) is 3. The van der Waals surface area contributed by atoms with Crippen LogP contribution in [0.1, 0.15) is 48.5 Å². The van der Waals surface area contributed by atoms with Gasteiger partial charge in [-0.05, 0) is 30.0 Å². The molecular weight excluding hydrogens is 258 g/mol. The summed E-state index contributed by atoms with van der Waals surface area (Å²) < 4.78 is 25.2. The van der Waals surface area contributed by atoms with Gasteiger partial charge in [0.1, 0.15) is 0 Å². The average molecular weight is 275 g/mol. The van der Waals surface area contributed by atoms with Gasteiger partial charge in [-0.15, -0.1) is 0 Å². The number of aryl methyl sites for hydroxylation is 1. The SMILES string of the molecule is CCCCCCc1ccc(C(=O)C(F)(F)Cl)cc1. The molecule has 0 bridgehead atoms. The Morgan fingerprint density at radius 1 is 1.17 bits per heavy atom. The molecule has 0 atom stereocenters. The number of ketones is 1. The largest absolute Gasteiger partial charge is 0.384 e. The summed E-state index contributed by atoms with van der Waals surface area (Å²) in [6, 6.07) is 6.24. The van der Waals surface area contributed by atoms with Crippen molar-refractivity contribution in [2.45, 2.75) is 44.4 Å². The minimum Gasteiger partial charge on any atom is -0.286 e. The number of carbonyl (C=O) groups is 1.